The third kappa shape index (κ3) is 4.47. The summed E-state index contributed by atoms with van der Waals surface area (Å²) in [5, 5.41) is 9.15. The number of hydrogen-bond acceptors (Lipinski definition) is 6. The molecule has 2 fully saturated rings. The SMILES string of the molecule is CCCCc1ccc(C2CCN(S(=O)(=O)C3(C(=O)NO)CCOCC3)CC2)nc1. The Kier molecular flexibility index (Phi) is 7.26. The lowest BCUT2D eigenvalue weighted by Crippen LogP contribution is -2.60. The van der Waals surface area contributed by atoms with Crippen molar-refractivity contribution in [3.8, 4) is 0 Å². The lowest BCUT2D eigenvalue weighted by Gasteiger charge is -2.40. The van der Waals surface area contributed by atoms with Crippen molar-refractivity contribution in [2.75, 3.05) is 26.3 Å². The zero-order chi connectivity index (χ0) is 20.9. The Morgan fingerprint density at radius 3 is 2.55 bits per heavy atom. The first-order chi connectivity index (χ1) is 13.9. The van der Waals surface area contributed by atoms with Crippen LogP contribution in [0.15, 0.2) is 18.3 Å². The van der Waals surface area contributed by atoms with E-state index in [0.29, 0.717) is 25.9 Å². The second-order valence-corrected chi connectivity index (χ2v) is 10.2. The van der Waals surface area contributed by atoms with Crippen LogP contribution in [-0.4, -0.2) is 59.9 Å². The van der Waals surface area contributed by atoms with E-state index in [2.05, 4.69) is 24.0 Å². The summed E-state index contributed by atoms with van der Waals surface area (Å²) in [5.41, 5.74) is 3.79. The minimum atomic E-state index is -3.92. The van der Waals surface area contributed by atoms with Gasteiger partial charge in [0.25, 0.3) is 5.91 Å². The summed E-state index contributed by atoms with van der Waals surface area (Å²) in [6.07, 6.45) is 6.66. The molecule has 162 valence electrons. The molecule has 9 heteroatoms. The number of amides is 1. The normalized spacial score (nSPS) is 21.0. The highest BCUT2D eigenvalue weighted by molar-refractivity contribution is 7.91. The van der Waals surface area contributed by atoms with Crippen molar-refractivity contribution in [3.63, 3.8) is 0 Å². The van der Waals surface area contributed by atoms with Gasteiger partial charge in [0.05, 0.1) is 0 Å². The van der Waals surface area contributed by atoms with Crippen LogP contribution < -0.4 is 5.48 Å². The predicted octanol–water partition coefficient (Wildman–Crippen LogP) is 1.99. The Balaban J connectivity index is 1.68. The van der Waals surface area contributed by atoms with Crippen LogP contribution in [0.4, 0.5) is 0 Å². The summed E-state index contributed by atoms with van der Waals surface area (Å²) < 4.78 is 31.7. The predicted molar refractivity (Wildman–Crippen MR) is 108 cm³/mol. The molecule has 0 aromatic carbocycles. The van der Waals surface area contributed by atoms with Crippen LogP contribution in [0.2, 0.25) is 0 Å². The minimum Gasteiger partial charge on any atom is -0.381 e. The molecular weight excluding hydrogens is 394 g/mol. The monoisotopic (exact) mass is 425 g/mol. The Hall–Kier alpha value is -1.55. The Morgan fingerprint density at radius 1 is 1.31 bits per heavy atom. The molecule has 3 rings (SSSR count). The number of carbonyl (C=O) groups excluding carboxylic acids is 1. The first kappa shape index (κ1) is 22.1. The third-order valence-electron chi connectivity index (χ3n) is 6.19. The fourth-order valence-corrected chi connectivity index (χ4v) is 6.40. The van der Waals surface area contributed by atoms with Crippen molar-refractivity contribution < 1.29 is 23.2 Å². The van der Waals surface area contributed by atoms with E-state index < -0.39 is 20.7 Å². The van der Waals surface area contributed by atoms with Gasteiger partial charge in [0.2, 0.25) is 10.0 Å². The number of nitrogens with one attached hydrogen (secondary N) is 1. The molecule has 1 aromatic heterocycles. The van der Waals surface area contributed by atoms with Crippen molar-refractivity contribution in [3.05, 3.63) is 29.6 Å². The second kappa shape index (κ2) is 9.51. The summed E-state index contributed by atoms with van der Waals surface area (Å²) in [5.74, 6) is -0.661. The summed E-state index contributed by atoms with van der Waals surface area (Å²) in [6, 6.07) is 4.17. The van der Waals surface area contributed by atoms with E-state index in [4.69, 9.17) is 9.94 Å². The number of aromatic nitrogens is 1. The van der Waals surface area contributed by atoms with Gasteiger partial charge in [-0.25, -0.2) is 18.2 Å². The van der Waals surface area contributed by atoms with Crippen molar-refractivity contribution >= 4 is 15.9 Å². The highest BCUT2D eigenvalue weighted by Crippen LogP contribution is 2.36. The lowest BCUT2D eigenvalue weighted by molar-refractivity contribution is -0.134. The molecule has 2 aliphatic heterocycles. The third-order valence-corrected chi connectivity index (χ3v) is 8.81. The smallest absolute Gasteiger partial charge is 0.266 e. The quantitative estimate of drug-likeness (QED) is 0.511. The fraction of sp³-hybridized carbons (Fsp3) is 0.700. The molecule has 0 saturated carbocycles. The van der Waals surface area contributed by atoms with Gasteiger partial charge in [-0.1, -0.05) is 19.4 Å². The van der Waals surface area contributed by atoms with E-state index in [0.717, 1.165) is 25.0 Å². The molecule has 3 heterocycles. The van der Waals surface area contributed by atoms with Gasteiger partial charge in [0, 0.05) is 57.0 Å². The molecule has 2 saturated heterocycles. The molecule has 29 heavy (non-hydrogen) atoms. The zero-order valence-corrected chi connectivity index (χ0v) is 17.8. The summed E-state index contributed by atoms with van der Waals surface area (Å²) >= 11 is 0. The molecule has 8 nitrogen and oxygen atoms in total. The van der Waals surface area contributed by atoms with Crippen LogP contribution in [-0.2, 0) is 26.0 Å². The molecule has 0 bridgehead atoms. The molecule has 0 atom stereocenters. The zero-order valence-electron chi connectivity index (χ0n) is 17.0. The van der Waals surface area contributed by atoms with Gasteiger partial charge < -0.3 is 4.74 Å². The molecule has 0 aliphatic carbocycles. The number of nitrogens with zero attached hydrogens (tertiary/aromatic N) is 2. The highest BCUT2D eigenvalue weighted by Gasteiger charge is 2.54. The first-order valence-corrected chi connectivity index (χ1v) is 11.9. The maximum atomic E-state index is 13.3. The number of piperidine rings is 1. The number of hydroxylamine groups is 1. The fourth-order valence-electron chi connectivity index (χ4n) is 4.25. The van der Waals surface area contributed by atoms with Gasteiger partial charge in [-0.2, -0.15) is 0 Å². The largest absolute Gasteiger partial charge is 0.381 e. The van der Waals surface area contributed by atoms with Crippen LogP contribution in [0.3, 0.4) is 0 Å². The van der Waals surface area contributed by atoms with Gasteiger partial charge in [-0.3, -0.25) is 15.0 Å². The van der Waals surface area contributed by atoms with E-state index in [9.17, 15) is 13.2 Å². The van der Waals surface area contributed by atoms with Crippen LogP contribution in [0, 0.1) is 0 Å². The Morgan fingerprint density at radius 2 is 2.00 bits per heavy atom. The molecule has 0 radical (unpaired) electrons. The van der Waals surface area contributed by atoms with Crippen molar-refractivity contribution in [2.24, 2.45) is 0 Å². The average molecular weight is 426 g/mol. The number of rotatable bonds is 7. The number of aryl methyl sites for hydroxylation is 1. The Labute approximate surface area is 172 Å². The minimum absolute atomic E-state index is 0.0441. The van der Waals surface area contributed by atoms with Crippen molar-refractivity contribution in [1.82, 2.24) is 14.8 Å². The van der Waals surface area contributed by atoms with E-state index >= 15 is 0 Å². The molecule has 1 amide bonds. The standard InChI is InChI=1S/C20H31N3O5S/c1-2-3-4-16-5-6-18(21-15-16)17-7-11-23(12-8-17)29(26,27)20(19(24)22-25)9-13-28-14-10-20/h5-6,15,17,25H,2-4,7-14H2,1H3,(H,22,24). The van der Waals surface area contributed by atoms with E-state index in [-0.39, 0.29) is 32.0 Å². The number of ether oxygens (including phenoxy) is 1. The summed E-state index contributed by atoms with van der Waals surface area (Å²) in [7, 11) is -3.92. The molecule has 1 aromatic rings. The number of sulfonamides is 1. The molecule has 0 unspecified atom stereocenters. The van der Waals surface area contributed by atoms with Crippen LogP contribution >= 0.6 is 0 Å². The maximum absolute atomic E-state index is 13.3. The number of carbonyl (C=O) groups is 1. The molecular formula is C20H31N3O5S. The topological polar surface area (TPSA) is 109 Å². The van der Waals surface area contributed by atoms with Crippen LogP contribution in [0.1, 0.15) is 62.6 Å². The number of hydrogen-bond donors (Lipinski definition) is 2. The summed E-state index contributed by atoms with van der Waals surface area (Å²) in [6.45, 7) is 3.20. The van der Waals surface area contributed by atoms with Crippen LogP contribution in [0.25, 0.3) is 0 Å². The maximum Gasteiger partial charge on any atom is 0.266 e. The number of pyridine rings is 1. The van der Waals surface area contributed by atoms with Gasteiger partial charge in [-0.05, 0) is 37.3 Å². The van der Waals surface area contributed by atoms with Crippen molar-refractivity contribution in [2.45, 2.75) is 62.5 Å². The van der Waals surface area contributed by atoms with Gasteiger partial charge >= 0.3 is 0 Å². The van der Waals surface area contributed by atoms with E-state index in [1.807, 2.05) is 6.20 Å². The van der Waals surface area contributed by atoms with Crippen LogP contribution in [0.5, 0.6) is 0 Å². The molecule has 0 spiro atoms. The van der Waals surface area contributed by atoms with E-state index in [1.54, 1.807) is 5.48 Å². The highest BCUT2D eigenvalue weighted by atomic mass is 32.2. The average Bonchev–Trinajstić information content (AvgIpc) is 2.78. The molecule has 2 aliphatic rings. The summed E-state index contributed by atoms with van der Waals surface area (Å²) in [4.78, 5) is 16.9. The van der Waals surface area contributed by atoms with Gasteiger partial charge in [0.1, 0.15) is 0 Å². The van der Waals surface area contributed by atoms with Crippen molar-refractivity contribution in [1.29, 1.82) is 0 Å². The van der Waals surface area contributed by atoms with Gasteiger partial charge in [-0.15, -0.1) is 0 Å². The second-order valence-electron chi connectivity index (χ2n) is 7.92. The van der Waals surface area contributed by atoms with E-state index in [1.165, 1.54) is 9.87 Å². The first-order valence-electron chi connectivity index (χ1n) is 10.4. The number of unbranched alkanes of at least 4 members (excludes halogenated alkanes) is 1. The molecule has 2 N–H and O–H groups in total. The Bertz CT molecular complexity index is 783. The lowest BCUT2D eigenvalue weighted by atomic mass is 9.93. The van der Waals surface area contributed by atoms with Gasteiger partial charge in [0.15, 0.2) is 4.75 Å².